The van der Waals surface area contributed by atoms with E-state index < -0.39 is 0 Å². The first-order valence-electron chi connectivity index (χ1n) is 9.74. The quantitative estimate of drug-likeness (QED) is 0.514. The van der Waals surface area contributed by atoms with E-state index in [2.05, 4.69) is 15.3 Å². The number of benzene rings is 1. The molecule has 0 saturated heterocycles. The van der Waals surface area contributed by atoms with E-state index in [9.17, 15) is 4.79 Å². The molecular formula is C23H23N5O3. The molecule has 0 aliphatic carbocycles. The number of hydrogen-bond donors (Lipinski definition) is 1. The molecule has 0 bridgehead atoms. The Morgan fingerprint density at radius 2 is 1.84 bits per heavy atom. The first-order chi connectivity index (χ1) is 15.0. The van der Waals surface area contributed by atoms with E-state index in [0.29, 0.717) is 40.5 Å². The summed E-state index contributed by atoms with van der Waals surface area (Å²) in [7, 11) is 4.85. The monoisotopic (exact) mass is 417 g/mol. The first kappa shape index (κ1) is 20.3. The molecular weight excluding hydrogens is 394 g/mol. The summed E-state index contributed by atoms with van der Waals surface area (Å²) in [5, 5.41) is 3.76. The fraction of sp³-hybridized carbons (Fsp3) is 0.217. The maximum absolute atomic E-state index is 12.8. The number of rotatable bonds is 6. The van der Waals surface area contributed by atoms with Crippen LogP contribution in [-0.4, -0.2) is 33.7 Å². The molecule has 4 rings (SSSR count). The Bertz CT molecular complexity index is 1320. The fourth-order valence-electron chi connectivity index (χ4n) is 3.39. The van der Waals surface area contributed by atoms with Gasteiger partial charge in [-0.15, -0.1) is 0 Å². The van der Waals surface area contributed by atoms with E-state index in [1.165, 1.54) is 10.9 Å². The zero-order valence-electron chi connectivity index (χ0n) is 17.8. The minimum Gasteiger partial charge on any atom is -0.493 e. The lowest BCUT2D eigenvalue weighted by Crippen LogP contribution is -2.19. The van der Waals surface area contributed by atoms with E-state index >= 15 is 0 Å². The Hall–Kier alpha value is -3.94. The minimum absolute atomic E-state index is 0.162. The Labute approximate surface area is 179 Å². The Morgan fingerprint density at radius 3 is 2.58 bits per heavy atom. The lowest BCUT2D eigenvalue weighted by molar-refractivity contribution is 0.355. The molecule has 31 heavy (non-hydrogen) atoms. The second-order valence-electron chi connectivity index (χ2n) is 7.14. The molecule has 0 fully saturated rings. The highest BCUT2D eigenvalue weighted by molar-refractivity contribution is 5.91. The molecule has 0 aliphatic heterocycles. The Kier molecular flexibility index (Phi) is 5.53. The van der Waals surface area contributed by atoms with Gasteiger partial charge in [0.05, 0.1) is 31.8 Å². The lowest BCUT2D eigenvalue weighted by atomic mass is 10.1. The number of aromatic nitrogens is 4. The molecule has 1 aromatic carbocycles. The summed E-state index contributed by atoms with van der Waals surface area (Å²) < 4.78 is 12.2. The van der Waals surface area contributed by atoms with Crippen molar-refractivity contribution in [3.8, 4) is 22.8 Å². The molecule has 0 aliphatic rings. The zero-order valence-corrected chi connectivity index (χ0v) is 17.8. The van der Waals surface area contributed by atoms with Crippen LogP contribution in [0.3, 0.4) is 0 Å². The number of hydrogen-bond acceptors (Lipinski definition) is 7. The van der Waals surface area contributed by atoms with Gasteiger partial charge in [-0.2, -0.15) is 0 Å². The normalized spacial score (nSPS) is 10.8. The molecule has 0 atom stereocenters. The smallest absolute Gasteiger partial charge is 0.264 e. The molecule has 3 heterocycles. The van der Waals surface area contributed by atoms with Crippen LogP contribution in [0.2, 0.25) is 0 Å². The number of anilines is 1. The SMILES string of the molecule is COc1ccc(-c2cc3ncn(C)c(=O)c3c(NCc3ccnc(C)c3)n2)cc1OC. The molecule has 8 heteroatoms. The average molecular weight is 417 g/mol. The van der Waals surface area contributed by atoms with Crippen molar-refractivity contribution in [2.75, 3.05) is 19.5 Å². The van der Waals surface area contributed by atoms with Crippen LogP contribution >= 0.6 is 0 Å². The number of ether oxygens (including phenoxy) is 2. The molecule has 0 radical (unpaired) electrons. The van der Waals surface area contributed by atoms with Crippen molar-refractivity contribution in [2.24, 2.45) is 7.05 Å². The second-order valence-corrected chi connectivity index (χ2v) is 7.14. The number of pyridine rings is 2. The number of methoxy groups -OCH3 is 2. The van der Waals surface area contributed by atoms with Gasteiger partial charge in [0.2, 0.25) is 0 Å². The van der Waals surface area contributed by atoms with Crippen LogP contribution < -0.4 is 20.3 Å². The topological polar surface area (TPSA) is 91.2 Å². The van der Waals surface area contributed by atoms with Gasteiger partial charge < -0.3 is 19.4 Å². The van der Waals surface area contributed by atoms with Gasteiger partial charge in [-0.05, 0) is 48.9 Å². The zero-order chi connectivity index (χ0) is 22.0. The van der Waals surface area contributed by atoms with Crippen LogP contribution in [0, 0.1) is 6.92 Å². The largest absolute Gasteiger partial charge is 0.493 e. The fourth-order valence-corrected chi connectivity index (χ4v) is 3.39. The van der Waals surface area contributed by atoms with Crippen molar-refractivity contribution in [1.82, 2.24) is 19.5 Å². The molecule has 0 spiro atoms. The number of fused-ring (bicyclic) bond motifs is 1. The number of aryl methyl sites for hydroxylation is 2. The molecule has 0 amide bonds. The van der Waals surface area contributed by atoms with Gasteiger partial charge in [0.1, 0.15) is 11.2 Å². The van der Waals surface area contributed by atoms with Crippen molar-refractivity contribution in [2.45, 2.75) is 13.5 Å². The maximum Gasteiger partial charge on any atom is 0.264 e. The summed E-state index contributed by atoms with van der Waals surface area (Å²) in [6.45, 7) is 2.44. The van der Waals surface area contributed by atoms with Gasteiger partial charge in [-0.3, -0.25) is 9.78 Å². The van der Waals surface area contributed by atoms with Crippen molar-refractivity contribution in [3.63, 3.8) is 0 Å². The highest BCUT2D eigenvalue weighted by Crippen LogP contribution is 2.33. The summed E-state index contributed by atoms with van der Waals surface area (Å²) >= 11 is 0. The van der Waals surface area contributed by atoms with Crippen LogP contribution in [0.4, 0.5) is 5.82 Å². The van der Waals surface area contributed by atoms with Crippen molar-refractivity contribution in [1.29, 1.82) is 0 Å². The van der Waals surface area contributed by atoms with Crippen molar-refractivity contribution in [3.05, 3.63) is 70.5 Å². The van der Waals surface area contributed by atoms with E-state index in [1.54, 1.807) is 33.5 Å². The molecule has 3 aromatic heterocycles. The van der Waals surface area contributed by atoms with E-state index in [-0.39, 0.29) is 5.56 Å². The second kappa shape index (κ2) is 8.43. The van der Waals surface area contributed by atoms with Gasteiger partial charge in [0.25, 0.3) is 5.56 Å². The van der Waals surface area contributed by atoms with Gasteiger partial charge in [-0.25, -0.2) is 9.97 Å². The third-order valence-electron chi connectivity index (χ3n) is 5.00. The third kappa shape index (κ3) is 4.05. The van der Waals surface area contributed by atoms with E-state index in [1.807, 2.05) is 37.3 Å². The molecule has 8 nitrogen and oxygen atoms in total. The van der Waals surface area contributed by atoms with Crippen LogP contribution in [-0.2, 0) is 13.6 Å². The highest BCUT2D eigenvalue weighted by Gasteiger charge is 2.15. The standard InChI is InChI=1S/C23H23N5O3/c1-14-9-15(7-8-24-14)12-25-22-21-18(26-13-28(2)23(21)29)11-17(27-22)16-5-6-19(30-3)20(10-16)31-4/h5-11,13H,12H2,1-4H3,(H,25,27). The average Bonchev–Trinajstić information content (AvgIpc) is 2.79. The third-order valence-corrected chi connectivity index (χ3v) is 5.00. The summed E-state index contributed by atoms with van der Waals surface area (Å²) in [4.78, 5) is 26.3. The van der Waals surface area contributed by atoms with Crippen LogP contribution in [0.1, 0.15) is 11.3 Å². The Morgan fingerprint density at radius 1 is 1.03 bits per heavy atom. The minimum atomic E-state index is -0.162. The van der Waals surface area contributed by atoms with Gasteiger partial charge in [0.15, 0.2) is 11.5 Å². The molecule has 1 N–H and O–H groups in total. The molecule has 4 aromatic rings. The predicted molar refractivity (Wildman–Crippen MR) is 120 cm³/mol. The van der Waals surface area contributed by atoms with Crippen molar-refractivity contribution < 1.29 is 9.47 Å². The van der Waals surface area contributed by atoms with Gasteiger partial charge in [-0.1, -0.05) is 0 Å². The summed E-state index contributed by atoms with van der Waals surface area (Å²) in [5.41, 5.74) is 3.86. The van der Waals surface area contributed by atoms with Gasteiger partial charge >= 0.3 is 0 Å². The first-order valence-corrected chi connectivity index (χ1v) is 9.74. The van der Waals surface area contributed by atoms with Crippen LogP contribution in [0.25, 0.3) is 22.2 Å². The highest BCUT2D eigenvalue weighted by atomic mass is 16.5. The van der Waals surface area contributed by atoms with E-state index in [4.69, 9.17) is 14.5 Å². The number of nitrogens with one attached hydrogen (secondary N) is 1. The molecule has 0 saturated carbocycles. The molecule has 158 valence electrons. The van der Waals surface area contributed by atoms with Gasteiger partial charge in [0, 0.05) is 31.0 Å². The van der Waals surface area contributed by atoms with Crippen LogP contribution in [0.5, 0.6) is 11.5 Å². The Balaban J connectivity index is 1.83. The predicted octanol–water partition coefficient (Wildman–Crippen LogP) is 3.33. The van der Waals surface area contributed by atoms with E-state index in [0.717, 1.165) is 16.8 Å². The maximum atomic E-state index is 12.8. The van der Waals surface area contributed by atoms with Crippen LogP contribution in [0.15, 0.2) is 53.7 Å². The number of nitrogens with zero attached hydrogens (tertiary/aromatic N) is 4. The molecule has 0 unspecified atom stereocenters. The summed E-state index contributed by atoms with van der Waals surface area (Å²) in [5.74, 6) is 1.71. The summed E-state index contributed by atoms with van der Waals surface area (Å²) in [6, 6.07) is 11.3. The summed E-state index contributed by atoms with van der Waals surface area (Å²) in [6.07, 6.45) is 3.28. The lowest BCUT2D eigenvalue weighted by Gasteiger charge is -2.13. The van der Waals surface area contributed by atoms with Crippen molar-refractivity contribution >= 4 is 16.7 Å².